The Hall–Kier alpha value is -1.96. The van der Waals surface area contributed by atoms with E-state index in [0.29, 0.717) is 19.8 Å². The summed E-state index contributed by atoms with van der Waals surface area (Å²) in [7, 11) is 0. The molecule has 26 heavy (non-hydrogen) atoms. The van der Waals surface area contributed by atoms with Crippen molar-refractivity contribution in [2.45, 2.75) is 19.3 Å². The fraction of sp³-hybridized carbons (Fsp3) is 0.368. The number of hydrogen-bond donors (Lipinski definition) is 0. The summed E-state index contributed by atoms with van der Waals surface area (Å²) in [5.41, 5.74) is -0.757. The van der Waals surface area contributed by atoms with Gasteiger partial charge in [0.2, 0.25) is 0 Å². The summed E-state index contributed by atoms with van der Waals surface area (Å²) in [5.74, 6) is -4.66. The molecule has 0 aliphatic carbocycles. The molecule has 2 saturated heterocycles. The van der Waals surface area contributed by atoms with Crippen molar-refractivity contribution in [3.8, 4) is 11.1 Å². The van der Waals surface area contributed by atoms with Crippen molar-refractivity contribution in [3.63, 3.8) is 0 Å². The highest BCUT2D eigenvalue weighted by molar-refractivity contribution is 5.66. The van der Waals surface area contributed by atoms with Crippen LogP contribution in [0.1, 0.15) is 30.4 Å². The highest BCUT2D eigenvalue weighted by atomic mass is 19.2. The van der Waals surface area contributed by atoms with E-state index in [9.17, 15) is 17.6 Å². The van der Waals surface area contributed by atoms with Gasteiger partial charge in [-0.25, -0.2) is 17.6 Å². The molecule has 7 heteroatoms. The van der Waals surface area contributed by atoms with Crippen LogP contribution in [0.25, 0.3) is 11.1 Å². The fourth-order valence-electron chi connectivity index (χ4n) is 2.98. The Morgan fingerprint density at radius 2 is 1.19 bits per heavy atom. The lowest BCUT2D eigenvalue weighted by atomic mass is 9.99. The van der Waals surface area contributed by atoms with Crippen molar-refractivity contribution in [2.75, 3.05) is 19.8 Å². The van der Waals surface area contributed by atoms with Crippen molar-refractivity contribution >= 4 is 0 Å². The molecule has 0 N–H and O–H groups in total. The van der Waals surface area contributed by atoms with E-state index in [0.717, 1.165) is 0 Å². The number of ether oxygens (including phenoxy) is 3. The van der Waals surface area contributed by atoms with Crippen LogP contribution < -0.4 is 0 Å². The number of halogens is 4. The first-order valence-corrected chi connectivity index (χ1v) is 8.28. The maximum absolute atomic E-state index is 14.6. The highest BCUT2D eigenvalue weighted by Gasteiger charge is 2.31. The predicted molar refractivity (Wildman–Crippen MR) is 84.2 cm³/mol. The maximum atomic E-state index is 14.6. The van der Waals surface area contributed by atoms with Gasteiger partial charge in [-0.05, 0) is 0 Å². The predicted octanol–water partition coefficient (Wildman–Crippen LogP) is 4.66. The first-order valence-electron chi connectivity index (χ1n) is 8.28. The van der Waals surface area contributed by atoms with E-state index in [2.05, 4.69) is 0 Å². The Labute approximate surface area is 147 Å². The minimum atomic E-state index is -1.28. The van der Waals surface area contributed by atoms with Gasteiger partial charge in [0.15, 0.2) is 29.6 Å². The molecule has 138 valence electrons. The van der Waals surface area contributed by atoms with E-state index in [4.69, 9.17) is 14.2 Å². The molecule has 2 aliphatic rings. The van der Waals surface area contributed by atoms with Crippen LogP contribution in [0.4, 0.5) is 17.6 Å². The molecule has 1 unspecified atom stereocenters. The number of epoxide rings is 1. The normalized spacial score (nSPS) is 25.3. The van der Waals surface area contributed by atoms with Crippen LogP contribution in [0.5, 0.6) is 0 Å². The van der Waals surface area contributed by atoms with E-state index in [-0.39, 0.29) is 28.2 Å². The molecular formula is C19H16F4O3. The molecule has 2 aromatic rings. The molecule has 0 bridgehead atoms. The van der Waals surface area contributed by atoms with Gasteiger partial charge in [-0.2, -0.15) is 0 Å². The van der Waals surface area contributed by atoms with Crippen molar-refractivity contribution in [1.82, 2.24) is 0 Å². The standard InChI is InChI=1S/C19H16F4O3/c1-9-6-25-19(26-7-9)13-5-3-11(16(21)18(13)23)10-2-4-12(14-8-24-14)17(22)15(10)20/h2-5,9,14,19H,6-8H2,1H3. The average molecular weight is 368 g/mol. The van der Waals surface area contributed by atoms with Crippen molar-refractivity contribution < 1.29 is 31.8 Å². The third-order valence-electron chi connectivity index (χ3n) is 4.51. The first kappa shape index (κ1) is 17.5. The Bertz CT molecular complexity index is 843. The third kappa shape index (κ3) is 3.00. The highest BCUT2D eigenvalue weighted by Crippen LogP contribution is 2.38. The monoisotopic (exact) mass is 368 g/mol. The molecule has 2 aromatic carbocycles. The van der Waals surface area contributed by atoms with Crippen molar-refractivity contribution in [1.29, 1.82) is 0 Å². The van der Waals surface area contributed by atoms with Gasteiger partial charge in [-0.3, -0.25) is 0 Å². The van der Waals surface area contributed by atoms with Gasteiger partial charge in [0.1, 0.15) is 6.10 Å². The summed E-state index contributed by atoms with van der Waals surface area (Å²) in [6, 6.07) is 5.01. The van der Waals surface area contributed by atoms with Crippen LogP contribution in [0.2, 0.25) is 0 Å². The summed E-state index contributed by atoms with van der Waals surface area (Å²) in [5, 5.41) is 0. The average Bonchev–Trinajstić information content (AvgIpc) is 3.46. The summed E-state index contributed by atoms with van der Waals surface area (Å²) in [6.07, 6.45) is -1.50. The molecule has 1 atom stereocenters. The second kappa shape index (κ2) is 6.64. The van der Waals surface area contributed by atoms with Crippen molar-refractivity contribution in [3.05, 3.63) is 58.7 Å². The maximum Gasteiger partial charge on any atom is 0.186 e. The largest absolute Gasteiger partial charge is 0.368 e. The fourth-order valence-corrected chi connectivity index (χ4v) is 2.98. The van der Waals surface area contributed by atoms with Crippen LogP contribution in [0, 0.1) is 29.2 Å². The van der Waals surface area contributed by atoms with Gasteiger partial charge >= 0.3 is 0 Å². The van der Waals surface area contributed by atoms with E-state index in [1.165, 1.54) is 24.3 Å². The molecule has 0 radical (unpaired) electrons. The summed E-state index contributed by atoms with van der Waals surface area (Å²) < 4.78 is 73.3. The summed E-state index contributed by atoms with van der Waals surface area (Å²) in [6.45, 7) is 2.94. The van der Waals surface area contributed by atoms with Crippen molar-refractivity contribution in [2.24, 2.45) is 5.92 Å². The van der Waals surface area contributed by atoms with Crippen LogP contribution in [0.15, 0.2) is 24.3 Å². The quantitative estimate of drug-likeness (QED) is 0.583. The molecule has 2 aliphatic heterocycles. The Morgan fingerprint density at radius 1 is 0.692 bits per heavy atom. The van der Waals surface area contributed by atoms with Gasteiger partial charge in [-0.1, -0.05) is 31.2 Å². The molecular weight excluding hydrogens is 352 g/mol. The zero-order valence-corrected chi connectivity index (χ0v) is 13.9. The van der Waals surface area contributed by atoms with Crippen LogP contribution in [-0.4, -0.2) is 19.8 Å². The molecule has 2 heterocycles. The zero-order chi connectivity index (χ0) is 18.4. The second-order valence-electron chi connectivity index (χ2n) is 6.59. The van der Waals surface area contributed by atoms with E-state index >= 15 is 0 Å². The Balaban J connectivity index is 1.70. The summed E-state index contributed by atoms with van der Waals surface area (Å²) in [4.78, 5) is 0. The molecule has 0 aromatic heterocycles. The van der Waals surface area contributed by atoms with E-state index in [1.807, 2.05) is 6.92 Å². The lowest BCUT2D eigenvalue weighted by molar-refractivity contribution is -0.203. The Morgan fingerprint density at radius 3 is 1.73 bits per heavy atom. The minimum Gasteiger partial charge on any atom is -0.368 e. The Kier molecular flexibility index (Phi) is 4.46. The van der Waals surface area contributed by atoms with Gasteiger partial charge < -0.3 is 14.2 Å². The van der Waals surface area contributed by atoms with Gasteiger partial charge in [0, 0.05) is 28.2 Å². The van der Waals surface area contributed by atoms with Gasteiger partial charge in [0.25, 0.3) is 0 Å². The molecule has 0 amide bonds. The van der Waals surface area contributed by atoms with E-state index < -0.39 is 35.7 Å². The molecule has 2 fully saturated rings. The lowest BCUT2D eigenvalue weighted by Gasteiger charge is -2.28. The zero-order valence-electron chi connectivity index (χ0n) is 13.9. The van der Waals surface area contributed by atoms with Crippen LogP contribution >= 0.6 is 0 Å². The molecule has 3 nitrogen and oxygen atoms in total. The molecule has 4 rings (SSSR count). The van der Waals surface area contributed by atoms with Gasteiger partial charge in [-0.15, -0.1) is 0 Å². The van der Waals surface area contributed by atoms with Crippen LogP contribution in [0.3, 0.4) is 0 Å². The SMILES string of the molecule is CC1COC(c2ccc(-c3ccc(C4CO4)c(F)c3F)c(F)c2F)OC1. The number of hydrogen-bond acceptors (Lipinski definition) is 3. The third-order valence-corrected chi connectivity index (χ3v) is 4.51. The topological polar surface area (TPSA) is 31.0 Å². The van der Waals surface area contributed by atoms with E-state index in [1.54, 1.807) is 0 Å². The summed E-state index contributed by atoms with van der Waals surface area (Å²) >= 11 is 0. The lowest BCUT2D eigenvalue weighted by Crippen LogP contribution is -2.25. The minimum absolute atomic E-state index is 0.0712. The molecule has 0 spiro atoms. The number of benzene rings is 2. The van der Waals surface area contributed by atoms with Gasteiger partial charge in [0.05, 0.1) is 19.8 Å². The first-order chi connectivity index (χ1) is 12.5. The molecule has 0 saturated carbocycles. The smallest absolute Gasteiger partial charge is 0.186 e. The second-order valence-corrected chi connectivity index (χ2v) is 6.59. The van der Waals surface area contributed by atoms with Crippen LogP contribution in [-0.2, 0) is 14.2 Å². The number of rotatable bonds is 3.